The number of thiazole rings is 1. The van der Waals surface area contributed by atoms with Crippen LogP contribution in [0.4, 0.5) is 0 Å². The largest absolute Gasteiger partial charge is 0.469 e. The fraction of sp³-hybridized carbons (Fsp3) is 0.368. The lowest BCUT2D eigenvalue weighted by molar-refractivity contribution is 0.474. The summed E-state index contributed by atoms with van der Waals surface area (Å²) in [6.07, 6.45) is 6.32. The number of halogens is 1. The van der Waals surface area contributed by atoms with Crippen molar-refractivity contribution in [1.82, 2.24) is 15.2 Å². The molecule has 0 atom stereocenters. The molecule has 0 spiro atoms. The molecule has 0 aliphatic carbocycles. The first-order valence-corrected chi connectivity index (χ1v) is 10.5. The molecule has 8 heteroatoms. The van der Waals surface area contributed by atoms with Gasteiger partial charge in [-0.05, 0) is 23.6 Å². The summed E-state index contributed by atoms with van der Waals surface area (Å²) >= 11 is 3.48. The van der Waals surface area contributed by atoms with Crippen molar-refractivity contribution in [2.75, 3.05) is 26.7 Å². The SMILES string of the molecule is CN(CCc1nccs1)C(=NCCc1cccs1)NCCc1ccco1.I. The molecule has 1 N–H and O–H groups in total. The topological polar surface area (TPSA) is 53.7 Å². The average molecular weight is 516 g/mol. The van der Waals surface area contributed by atoms with Gasteiger partial charge in [0.1, 0.15) is 5.76 Å². The summed E-state index contributed by atoms with van der Waals surface area (Å²) in [4.78, 5) is 12.7. The van der Waals surface area contributed by atoms with Crippen molar-refractivity contribution in [2.24, 2.45) is 4.99 Å². The molecule has 0 aliphatic heterocycles. The maximum Gasteiger partial charge on any atom is 0.193 e. The minimum atomic E-state index is 0. The van der Waals surface area contributed by atoms with E-state index in [4.69, 9.17) is 9.41 Å². The van der Waals surface area contributed by atoms with Crippen molar-refractivity contribution in [3.8, 4) is 0 Å². The van der Waals surface area contributed by atoms with Crippen LogP contribution in [-0.2, 0) is 19.3 Å². The highest BCUT2D eigenvalue weighted by molar-refractivity contribution is 14.0. The van der Waals surface area contributed by atoms with Gasteiger partial charge in [-0.25, -0.2) is 4.98 Å². The van der Waals surface area contributed by atoms with Crippen LogP contribution in [0.1, 0.15) is 15.6 Å². The standard InChI is InChI=1S/C19H24N4OS2.HI/c1-23(12-8-18-20-11-15-26-18)19(21-9-6-16-4-2-13-24-16)22-10-7-17-5-3-14-25-17;/h2-5,11,13-15H,6-10,12H2,1H3,(H,21,22);1H. The smallest absolute Gasteiger partial charge is 0.193 e. The zero-order chi connectivity index (χ0) is 18.0. The van der Waals surface area contributed by atoms with Gasteiger partial charge in [-0.15, -0.1) is 46.7 Å². The Labute approximate surface area is 185 Å². The molecule has 5 nitrogen and oxygen atoms in total. The van der Waals surface area contributed by atoms with Crippen LogP contribution < -0.4 is 5.32 Å². The molecule has 0 saturated carbocycles. The molecule has 3 rings (SSSR count). The molecule has 27 heavy (non-hydrogen) atoms. The van der Waals surface area contributed by atoms with Crippen LogP contribution in [0.5, 0.6) is 0 Å². The third-order valence-corrected chi connectivity index (χ3v) is 5.72. The summed E-state index contributed by atoms with van der Waals surface area (Å²) in [5.74, 6) is 1.92. The summed E-state index contributed by atoms with van der Waals surface area (Å²) in [5, 5.41) is 8.76. The molecule has 0 fully saturated rings. The summed E-state index contributed by atoms with van der Waals surface area (Å²) < 4.78 is 5.40. The fourth-order valence-electron chi connectivity index (χ4n) is 2.54. The Kier molecular flexibility index (Phi) is 9.85. The zero-order valence-electron chi connectivity index (χ0n) is 15.3. The van der Waals surface area contributed by atoms with E-state index < -0.39 is 0 Å². The Morgan fingerprint density at radius 3 is 2.81 bits per heavy atom. The van der Waals surface area contributed by atoms with Crippen LogP contribution in [0.25, 0.3) is 0 Å². The first-order chi connectivity index (χ1) is 12.8. The van der Waals surface area contributed by atoms with Gasteiger partial charge in [-0.1, -0.05) is 6.07 Å². The van der Waals surface area contributed by atoms with E-state index in [1.54, 1.807) is 28.9 Å². The maximum absolute atomic E-state index is 5.40. The first-order valence-electron chi connectivity index (χ1n) is 8.74. The summed E-state index contributed by atoms with van der Waals surface area (Å²) in [7, 11) is 2.08. The zero-order valence-corrected chi connectivity index (χ0v) is 19.3. The minimum Gasteiger partial charge on any atom is -0.469 e. The van der Waals surface area contributed by atoms with E-state index in [2.05, 4.69) is 39.8 Å². The Hall–Kier alpha value is -1.39. The van der Waals surface area contributed by atoms with Gasteiger partial charge in [0.05, 0.1) is 11.3 Å². The molecule has 0 aliphatic rings. The Morgan fingerprint density at radius 1 is 1.19 bits per heavy atom. The second-order valence-corrected chi connectivity index (χ2v) is 7.90. The second-order valence-electron chi connectivity index (χ2n) is 5.89. The van der Waals surface area contributed by atoms with Crippen molar-refractivity contribution in [2.45, 2.75) is 19.3 Å². The van der Waals surface area contributed by atoms with Crippen molar-refractivity contribution >= 4 is 52.6 Å². The van der Waals surface area contributed by atoms with E-state index in [9.17, 15) is 0 Å². The molecule has 0 radical (unpaired) electrons. The van der Waals surface area contributed by atoms with E-state index >= 15 is 0 Å². The van der Waals surface area contributed by atoms with Crippen LogP contribution >= 0.6 is 46.7 Å². The quantitative estimate of drug-likeness (QED) is 0.262. The summed E-state index contributed by atoms with van der Waals surface area (Å²) in [6.45, 7) is 2.47. The predicted molar refractivity (Wildman–Crippen MR) is 125 cm³/mol. The van der Waals surface area contributed by atoms with Crippen LogP contribution in [-0.4, -0.2) is 42.5 Å². The Bertz CT molecular complexity index is 758. The van der Waals surface area contributed by atoms with Crippen LogP contribution in [0.3, 0.4) is 0 Å². The molecule has 3 heterocycles. The third-order valence-electron chi connectivity index (χ3n) is 3.94. The van der Waals surface area contributed by atoms with Gasteiger partial charge < -0.3 is 14.6 Å². The van der Waals surface area contributed by atoms with Crippen LogP contribution in [0, 0.1) is 0 Å². The highest BCUT2D eigenvalue weighted by atomic mass is 127. The van der Waals surface area contributed by atoms with Crippen molar-refractivity contribution in [3.63, 3.8) is 0 Å². The number of rotatable bonds is 9. The Morgan fingerprint density at radius 2 is 2.11 bits per heavy atom. The third kappa shape index (κ3) is 7.63. The number of guanidine groups is 1. The van der Waals surface area contributed by atoms with E-state index in [1.165, 1.54) is 4.88 Å². The van der Waals surface area contributed by atoms with Gasteiger partial charge in [0.15, 0.2) is 5.96 Å². The number of nitrogens with one attached hydrogen (secondary N) is 1. The van der Waals surface area contributed by atoms with E-state index in [-0.39, 0.29) is 24.0 Å². The molecule has 0 amide bonds. The highest BCUT2D eigenvalue weighted by Crippen LogP contribution is 2.09. The van der Waals surface area contributed by atoms with Gasteiger partial charge in [-0.2, -0.15) is 0 Å². The second kappa shape index (κ2) is 12.1. The number of aromatic nitrogens is 1. The van der Waals surface area contributed by atoms with Crippen molar-refractivity contribution in [3.05, 3.63) is 63.1 Å². The van der Waals surface area contributed by atoms with Gasteiger partial charge in [0.2, 0.25) is 0 Å². The normalized spacial score (nSPS) is 11.2. The molecule has 146 valence electrons. The molecule has 0 aromatic carbocycles. The summed E-state index contributed by atoms with van der Waals surface area (Å²) in [6, 6.07) is 8.18. The van der Waals surface area contributed by atoms with E-state index in [0.29, 0.717) is 0 Å². The number of furan rings is 1. The average Bonchev–Trinajstić information content (AvgIpc) is 3.41. The minimum absolute atomic E-state index is 0. The lowest BCUT2D eigenvalue weighted by Gasteiger charge is -2.22. The van der Waals surface area contributed by atoms with Gasteiger partial charge in [0.25, 0.3) is 0 Å². The molecular weight excluding hydrogens is 491 g/mol. The van der Waals surface area contributed by atoms with Gasteiger partial charge >= 0.3 is 0 Å². The molecule has 3 aromatic rings. The number of nitrogens with zero attached hydrogens (tertiary/aromatic N) is 3. The molecule has 0 bridgehead atoms. The van der Waals surface area contributed by atoms with Crippen molar-refractivity contribution in [1.29, 1.82) is 0 Å². The number of hydrogen-bond acceptors (Lipinski definition) is 5. The highest BCUT2D eigenvalue weighted by Gasteiger charge is 2.08. The first kappa shape index (κ1) is 21.9. The van der Waals surface area contributed by atoms with Crippen molar-refractivity contribution < 1.29 is 4.42 Å². The maximum atomic E-state index is 5.40. The lowest BCUT2D eigenvalue weighted by atomic mass is 10.3. The summed E-state index contributed by atoms with van der Waals surface area (Å²) in [5.41, 5.74) is 0. The fourth-order valence-corrected chi connectivity index (χ4v) is 3.84. The molecule has 0 unspecified atom stereocenters. The predicted octanol–water partition coefficient (Wildman–Crippen LogP) is 4.32. The van der Waals surface area contributed by atoms with Gasteiger partial charge in [-0.3, -0.25) is 4.99 Å². The van der Waals surface area contributed by atoms with E-state index in [0.717, 1.165) is 55.6 Å². The molecular formula is C19H25IN4OS2. The Balaban J connectivity index is 0.00000261. The molecule has 3 aromatic heterocycles. The number of aliphatic imine (C=N–C) groups is 1. The monoisotopic (exact) mass is 516 g/mol. The van der Waals surface area contributed by atoms with Crippen LogP contribution in [0.2, 0.25) is 0 Å². The number of thiophene rings is 1. The van der Waals surface area contributed by atoms with E-state index in [1.807, 2.05) is 23.7 Å². The lowest BCUT2D eigenvalue weighted by Crippen LogP contribution is -2.41. The van der Waals surface area contributed by atoms with Crippen LogP contribution in [0.15, 0.2) is 56.9 Å². The van der Waals surface area contributed by atoms with Gasteiger partial charge in [0, 0.05) is 62.4 Å². The number of likely N-dealkylation sites (N-methyl/N-ethyl adjacent to an activating group) is 1. The number of hydrogen-bond donors (Lipinski definition) is 1. The molecule has 0 saturated heterocycles.